The first-order valence-corrected chi connectivity index (χ1v) is 16.9. The van der Waals surface area contributed by atoms with Gasteiger partial charge in [0.1, 0.15) is 23.6 Å². The second-order valence-corrected chi connectivity index (χ2v) is 14.8. The molecule has 3 aliphatic rings. The zero-order chi connectivity index (χ0) is 38.1. The number of morpholine rings is 1. The molecule has 7 atom stereocenters. The molecule has 17 nitrogen and oxygen atoms in total. The van der Waals surface area contributed by atoms with Crippen molar-refractivity contribution >= 4 is 29.8 Å². The number of aliphatic hydroxyl groups excluding tert-OH is 3. The number of benzene rings is 1. The lowest BCUT2D eigenvalue weighted by Gasteiger charge is -2.49. The van der Waals surface area contributed by atoms with Gasteiger partial charge in [0.2, 0.25) is 11.8 Å². The van der Waals surface area contributed by atoms with Crippen LogP contribution in [0.25, 0.3) is 0 Å². The number of hydrogen-bond donors (Lipinski definition) is 7. The molecule has 284 valence electrons. The Hall–Kier alpha value is -4.03. The van der Waals surface area contributed by atoms with Gasteiger partial charge in [0.05, 0.1) is 43.4 Å². The first-order valence-electron chi connectivity index (χ1n) is 16.9. The van der Waals surface area contributed by atoms with E-state index in [-0.39, 0.29) is 44.2 Å². The molecule has 3 heterocycles. The molecule has 3 fully saturated rings. The number of likely N-dealkylation sites (tertiary alicyclic amines) is 1. The van der Waals surface area contributed by atoms with E-state index in [4.69, 9.17) is 14.2 Å². The third-order valence-electron chi connectivity index (χ3n) is 9.51. The summed E-state index contributed by atoms with van der Waals surface area (Å²) in [6.45, 7) is 9.64. The van der Waals surface area contributed by atoms with Crippen LogP contribution in [0.5, 0.6) is 5.75 Å². The van der Waals surface area contributed by atoms with Gasteiger partial charge in [0.25, 0.3) is 5.91 Å². The van der Waals surface area contributed by atoms with Crippen molar-refractivity contribution in [2.45, 2.75) is 108 Å². The van der Waals surface area contributed by atoms with E-state index in [1.807, 2.05) is 0 Å². The van der Waals surface area contributed by atoms with Crippen molar-refractivity contribution in [2.75, 3.05) is 39.4 Å². The van der Waals surface area contributed by atoms with Crippen LogP contribution in [-0.2, 0) is 28.6 Å². The van der Waals surface area contributed by atoms with Gasteiger partial charge in [-0.15, -0.1) is 0 Å². The molecule has 17 heteroatoms. The van der Waals surface area contributed by atoms with Gasteiger partial charge >= 0.3 is 12.1 Å². The van der Waals surface area contributed by atoms with Crippen molar-refractivity contribution in [2.24, 2.45) is 0 Å². The highest BCUT2D eigenvalue weighted by molar-refractivity contribution is 5.95. The summed E-state index contributed by atoms with van der Waals surface area (Å²) in [7, 11) is 0. The third-order valence-corrected chi connectivity index (χ3v) is 9.51. The highest BCUT2D eigenvalue weighted by Crippen LogP contribution is 2.38. The zero-order valence-corrected chi connectivity index (χ0v) is 29.8. The maximum absolute atomic E-state index is 14.1. The normalized spacial score (nSPS) is 27.8. The molecule has 51 heavy (non-hydrogen) atoms. The van der Waals surface area contributed by atoms with Gasteiger partial charge in [-0.05, 0) is 64.3 Å². The summed E-state index contributed by atoms with van der Waals surface area (Å²) in [5, 5.41) is 58.9. The van der Waals surface area contributed by atoms with Crippen LogP contribution in [0, 0.1) is 13.8 Å². The Labute approximate surface area is 295 Å². The Morgan fingerprint density at radius 2 is 1.75 bits per heavy atom. The molecule has 3 aliphatic heterocycles. The van der Waals surface area contributed by atoms with Crippen molar-refractivity contribution in [3.05, 3.63) is 28.8 Å². The molecule has 0 radical (unpaired) electrons. The van der Waals surface area contributed by atoms with E-state index in [0.29, 0.717) is 17.5 Å². The van der Waals surface area contributed by atoms with Crippen LogP contribution < -0.4 is 10.6 Å². The van der Waals surface area contributed by atoms with Gasteiger partial charge in [-0.1, -0.05) is 0 Å². The lowest BCUT2D eigenvalue weighted by molar-refractivity contribution is -0.230. The molecule has 4 rings (SSSR count). The Kier molecular flexibility index (Phi) is 11.9. The van der Waals surface area contributed by atoms with Gasteiger partial charge in [-0.25, -0.2) is 9.59 Å². The molecule has 1 unspecified atom stereocenters. The summed E-state index contributed by atoms with van der Waals surface area (Å²) >= 11 is 0. The molecular formula is C34H50N4O13. The van der Waals surface area contributed by atoms with E-state index in [9.17, 15) is 49.5 Å². The third kappa shape index (κ3) is 8.89. The minimum Gasteiger partial charge on any atom is -0.507 e. The number of carboxylic acids is 1. The van der Waals surface area contributed by atoms with E-state index < -0.39 is 96.4 Å². The number of carboxylic acid groups (broad SMARTS) is 1. The standard InChI is InChI=1S/C34H50N4O13/c1-18-11-21(12-19(2)26(18)43)29(45)35-15-23(41)27(44)28-25(36-20(3)39)22(40)13-34(50-28,30(46)47)14-24(42)38-9-10-49-17-33(38)7-8-37(16-33)31(48)51-32(4,5)6/h11-12,22-23,25,27-28,40-41,43-44H,7-10,13-17H2,1-6H3,(H,35,45)(H,36,39)(H,46,47)/t22-,23+,25?,27+,28+,33-,34-/m0/s1. The number of rotatable bonds is 9. The SMILES string of the molecule is CC(=O)NC1[C@H]([C@H](O)[C@H](O)CNC(=O)c2cc(C)c(O)c(C)c2)O[C@@](CC(=O)N2CCOC[C@@]23CCN(C(=O)OC(C)(C)C)C3)(C(=O)O)C[C@@H]1O. The summed E-state index contributed by atoms with van der Waals surface area (Å²) in [5.41, 5.74) is -3.09. The van der Waals surface area contributed by atoms with Crippen molar-refractivity contribution in [3.63, 3.8) is 0 Å². The highest BCUT2D eigenvalue weighted by atomic mass is 16.6. The summed E-state index contributed by atoms with van der Waals surface area (Å²) in [5.74, 6) is -3.56. The first-order chi connectivity index (χ1) is 23.7. The van der Waals surface area contributed by atoms with Gasteiger partial charge in [0, 0.05) is 45.1 Å². The molecule has 0 aliphatic carbocycles. The molecule has 1 aromatic carbocycles. The fourth-order valence-electron chi connectivity index (χ4n) is 6.95. The number of carbonyl (C=O) groups excluding carboxylic acids is 4. The van der Waals surface area contributed by atoms with Crippen LogP contribution >= 0.6 is 0 Å². The maximum atomic E-state index is 14.1. The number of phenolic OH excluding ortho intramolecular Hbond substituents is 1. The molecular weight excluding hydrogens is 672 g/mol. The summed E-state index contributed by atoms with van der Waals surface area (Å²) < 4.78 is 17.2. The number of nitrogens with zero attached hydrogens (tertiary/aromatic N) is 2. The lowest BCUT2D eigenvalue weighted by Crippen LogP contribution is -2.69. The number of aliphatic carboxylic acids is 1. The molecule has 4 amide bonds. The topological polar surface area (TPSA) is 245 Å². The quantitative estimate of drug-likeness (QED) is 0.171. The van der Waals surface area contributed by atoms with Crippen LogP contribution in [0.3, 0.4) is 0 Å². The molecule has 3 saturated heterocycles. The van der Waals surface area contributed by atoms with E-state index in [2.05, 4.69) is 10.6 Å². The maximum Gasteiger partial charge on any atom is 0.410 e. The largest absolute Gasteiger partial charge is 0.507 e. The number of aryl methyl sites for hydroxylation is 2. The van der Waals surface area contributed by atoms with Gasteiger partial charge in [0.15, 0.2) is 5.60 Å². The molecule has 0 bridgehead atoms. The summed E-state index contributed by atoms with van der Waals surface area (Å²) in [6.07, 6.45) is -8.85. The second-order valence-electron chi connectivity index (χ2n) is 14.8. The van der Waals surface area contributed by atoms with Gasteiger partial charge < -0.3 is 60.2 Å². The average molecular weight is 723 g/mol. The van der Waals surface area contributed by atoms with E-state index >= 15 is 0 Å². The zero-order valence-electron chi connectivity index (χ0n) is 29.8. The fourth-order valence-corrected chi connectivity index (χ4v) is 6.95. The van der Waals surface area contributed by atoms with Gasteiger partial charge in [-0.2, -0.15) is 0 Å². The summed E-state index contributed by atoms with van der Waals surface area (Å²) in [6, 6.07) is 1.47. The molecule has 7 N–H and O–H groups in total. The Balaban J connectivity index is 1.54. The molecule has 0 aromatic heterocycles. The molecule has 1 spiro atoms. The number of ether oxygens (including phenoxy) is 3. The van der Waals surface area contributed by atoms with Crippen molar-refractivity contribution in [1.82, 2.24) is 20.4 Å². The predicted octanol–water partition coefficient (Wildman–Crippen LogP) is -0.433. The lowest BCUT2D eigenvalue weighted by atomic mass is 9.81. The van der Waals surface area contributed by atoms with Crippen molar-refractivity contribution < 1.29 is 63.7 Å². The van der Waals surface area contributed by atoms with Crippen LogP contribution in [-0.4, -0.2) is 152 Å². The number of aromatic hydroxyl groups is 1. The van der Waals surface area contributed by atoms with Crippen LogP contribution in [0.2, 0.25) is 0 Å². The van der Waals surface area contributed by atoms with Crippen molar-refractivity contribution in [3.8, 4) is 5.75 Å². The Morgan fingerprint density at radius 3 is 2.33 bits per heavy atom. The minimum atomic E-state index is -2.41. The Morgan fingerprint density at radius 1 is 1.10 bits per heavy atom. The van der Waals surface area contributed by atoms with E-state index in [0.717, 1.165) is 6.92 Å². The Bertz CT molecular complexity index is 1490. The van der Waals surface area contributed by atoms with Crippen molar-refractivity contribution in [1.29, 1.82) is 0 Å². The number of hydrogen-bond acceptors (Lipinski definition) is 12. The number of amides is 4. The summed E-state index contributed by atoms with van der Waals surface area (Å²) in [4.78, 5) is 67.7. The smallest absolute Gasteiger partial charge is 0.410 e. The number of aliphatic hydroxyl groups is 3. The number of nitrogens with one attached hydrogen (secondary N) is 2. The second kappa shape index (κ2) is 15.3. The van der Waals surface area contributed by atoms with Crippen LogP contribution in [0.4, 0.5) is 4.79 Å². The minimum absolute atomic E-state index is 0.0224. The predicted molar refractivity (Wildman–Crippen MR) is 178 cm³/mol. The van der Waals surface area contributed by atoms with E-state index in [1.165, 1.54) is 21.9 Å². The molecule has 1 aromatic rings. The van der Waals surface area contributed by atoms with Crippen LogP contribution in [0.15, 0.2) is 12.1 Å². The fraction of sp³-hybridized carbons (Fsp3) is 0.676. The van der Waals surface area contributed by atoms with Gasteiger partial charge in [-0.3, -0.25) is 14.4 Å². The van der Waals surface area contributed by atoms with E-state index in [1.54, 1.807) is 34.6 Å². The molecule has 0 saturated carbocycles. The first kappa shape index (κ1) is 39.8. The average Bonchev–Trinajstić information content (AvgIpc) is 3.46. The highest BCUT2D eigenvalue weighted by Gasteiger charge is 2.57. The monoisotopic (exact) mass is 722 g/mol. The number of phenols is 1. The number of carbonyl (C=O) groups is 5. The van der Waals surface area contributed by atoms with Crippen LogP contribution in [0.1, 0.15) is 68.4 Å².